The lowest BCUT2D eigenvalue weighted by Gasteiger charge is -2.33. The predicted octanol–water partition coefficient (Wildman–Crippen LogP) is 4.81. The monoisotopic (exact) mass is 367 g/mol. The molecule has 5 nitrogen and oxygen atoms in total. The lowest BCUT2D eigenvalue weighted by atomic mass is 9.99. The zero-order valence-electron chi connectivity index (χ0n) is 16.4. The second-order valence-electron chi connectivity index (χ2n) is 7.31. The highest BCUT2D eigenvalue weighted by molar-refractivity contribution is 5.91. The third-order valence-corrected chi connectivity index (χ3v) is 5.12. The van der Waals surface area contributed by atoms with E-state index in [1.165, 1.54) is 18.5 Å². The van der Waals surface area contributed by atoms with Crippen LogP contribution in [0.5, 0.6) is 5.75 Å². The van der Waals surface area contributed by atoms with Crippen molar-refractivity contribution in [2.75, 3.05) is 30.4 Å². The number of ether oxygens (including phenoxy) is 1. The summed E-state index contributed by atoms with van der Waals surface area (Å²) >= 11 is 0. The van der Waals surface area contributed by atoms with Crippen molar-refractivity contribution in [2.24, 2.45) is 5.92 Å². The van der Waals surface area contributed by atoms with Crippen molar-refractivity contribution < 1.29 is 9.53 Å². The minimum absolute atomic E-state index is 0.0889. The van der Waals surface area contributed by atoms with E-state index in [1.807, 2.05) is 31.2 Å². The van der Waals surface area contributed by atoms with E-state index in [0.29, 0.717) is 11.4 Å². The third kappa shape index (κ3) is 4.94. The van der Waals surface area contributed by atoms with Crippen LogP contribution in [0.25, 0.3) is 0 Å². The number of hydrogen-bond acceptors (Lipinski definition) is 3. The van der Waals surface area contributed by atoms with Crippen LogP contribution in [0.15, 0.2) is 48.5 Å². The molecule has 2 aromatic carbocycles. The van der Waals surface area contributed by atoms with Gasteiger partial charge in [0.25, 0.3) is 0 Å². The molecule has 0 unspecified atom stereocenters. The van der Waals surface area contributed by atoms with Gasteiger partial charge >= 0.3 is 6.03 Å². The molecule has 2 atom stereocenters. The van der Waals surface area contributed by atoms with E-state index in [-0.39, 0.29) is 12.1 Å². The highest BCUT2D eigenvalue weighted by Crippen LogP contribution is 2.25. The number of methoxy groups -OCH3 is 1. The first-order chi connectivity index (χ1) is 13.1. The Morgan fingerprint density at radius 3 is 2.63 bits per heavy atom. The summed E-state index contributed by atoms with van der Waals surface area (Å²) in [5.74, 6) is 1.39. The number of anilines is 2. The number of carbonyl (C=O) groups excluding carboxylic acids is 1. The second-order valence-corrected chi connectivity index (χ2v) is 7.31. The van der Waals surface area contributed by atoms with Gasteiger partial charge in [-0.15, -0.1) is 0 Å². The topological polar surface area (TPSA) is 53.6 Å². The molecular formula is C22H29N3O2. The van der Waals surface area contributed by atoms with Gasteiger partial charge in [-0.25, -0.2) is 4.79 Å². The van der Waals surface area contributed by atoms with E-state index >= 15 is 0 Å². The van der Waals surface area contributed by atoms with Gasteiger partial charge in [0.1, 0.15) is 5.75 Å². The fourth-order valence-corrected chi connectivity index (χ4v) is 3.58. The maximum atomic E-state index is 12.3. The molecule has 3 rings (SSSR count). The first kappa shape index (κ1) is 19.1. The Kier molecular flexibility index (Phi) is 6.22. The fourth-order valence-electron chi connectivity index (χ4n) is 3.58. The number of carbonyl (C=O) groups is 1. The molecule has 1 saturated heterocycles. The molecule has 0 bridgehead atoms. The van der Waals surface area contributed by atoms with Gasteiger partial charge in [0, 0.05) is 18.8 Å². The van der Waals surface area contributed by atoms with E-state index in [1.54, 1.807) is 7.11 Å². The molecule has 1 fully saturated rings. The average molecular weight is 367 g/mol. The Bertz CT molecular complexity index is 760. The number of benzene rings is 2. The van der Waals surface area contributed by atoms with Gasteiger partial charge < -0.3 is 20.3 Å². The molecule has 2 amide bonds. The van der Waals surface area contributed by atoms with Crippen molar-refractivity contribution in [3.63, 3.8) is 0 Å². The van der Waals surface area contributed by atoms with Gasteiger partial charge in [-0.2, -0.15) is 0 Å². The minimum atomic E-state index is -0.249. The van der Waals surface area contributed by atoms with Gasteiger partial charge in [0.15, 0.2) is 0 Å². The van der Waals surface area contributed by atoms with Gasteiger partial charge in [0.2, 0.25) is 0 Å². The molecule has 144 valence electrons. The number of hydrogen-bond donors (Lipinski definition) is 2. The molecule has 0 aliphatic carbocycles. The zero-order chi connectivity index (χ0) is 19.2. The Morgan fingerprint density at radius 2 is 1.93 bits per heavy atom. The van der Waals surface area contributed by atoms with E-state index in [4.69, 9.17) is 4.74 Å². The molecule has 2 aromatic rings. The van der Waals surface area contributed by atoms with Gasteiger partial charge in [-0.1, -0.05) is 31.2 Å². The smallest absolute Gasteiger partial charge is 0.319 e. The second kappa shape index (κ2) is 8.80. The number of urea groups is 1. The molecule has 1 heterocycles. The Balaban J connectivity index is 1.59. The molecular weight excluding hydrogens is 338 g/mol. The molecule has 0 saturated carbocycles. The van der Waals surface area contributed by atoms with Crippen molar-refractivity contribution in [1.29, 1.82) is 0 Å². The summed E-state index contributed by atoms with van der Waals surface area (Å²) in [6.07, 6.45) is 2.57. The molecule has 0 spiro atoms. The first-order valence-corrected chi connectivity index (χ1v) is 9.62. The summed E-state index contributed by atoms with van der Waals surface area (Å²) in [5, 5.41) is 5.83. The zero-order valence-corrected chi connectivity index (χ0v) is 16.4. The van der Waals surface area contributed by atoms with Crippen molar-refractivity contribution in [3.8, 4) is 5.75 Å². The minimum Gasteiger partial charge on any atom is -0.495 e. The van der Waals surface area contributed by atoms with Crippen LogP contribution < -0.4 is 20.3 Å². The number of nitrogens with zero attached hydrogens (tertiary/aromatic N) is 1. The van der Waals surface area contributed by atoms with Crippen LogP contribution in [0.3, 0.4) is 0 Å². The molecule has 0 radical (unpaired) electrons. The normalized spacial score (nSPS) is 17.9. The predicted molar refractivity (Wildman–Crippen MR) is 111 cm³/mol. The molecule has 1 aliphatic heterocycles. The van der Waals surface area contributed by atoms with E-state index in [0.717, 1.165) is 24.6 Å². The quantitative estimate of drug-likeness (QED) is 0.797. The van der Waals surface area contributed by atoms with Crippen molar-refractivity contribution >= 4 is 17.4 Å². The molecule has 1 aliphatic rings. The molecule has 27 heavy (non-hydrogen) atoms. The fraction of sp³-hybridized carbons (Fsp3) is 0.409. The number of piperidine rings is 1. The lowest BCUT2D eigenvalue weighted by Crippen LogP contribution is -2.34. The highest BCUT2D eigenvalue weighted by Gasteiger charge is 2.17. The SMILES string of the molecule is COc1ccccc1NC(=O)N[C@@H](C)c1ccc(N2CCC[C@@H](C)C2)cc1. The van der Waals surface area contributed by atoms with Crippen LogP contribution >= 0.6 is 0 Å². The number of rotatable bonds is 5. The van der Waals surface area contributed by atoms with E-state index in [9.17, 15) is 4.79 Å². The van der Waals surface area contributed by atoms with Crippen LogP contribution in [-0.2, 0) is 0 Å². The maximum Gasteiger partial charge on any atom is 0.319 e. The molecule has 0 aromatic heterocycles. The Labute approximate surface area is 161 Å². The van der Waals surface area contributed by atoms with E-state index < -0.39 is 0 Å². The van der Waals surface area contributed by atoms with Crippen LogP contribution in [0.4, 0.5) is 16.2 Å². The van der Waals surface area contributed by atoms with Crippen molar-refractivity contribution in [1.82, 2.24) is 5.32 Å². The summed E-state index contributed by atoms with van der Waals surface area (Å²) < 4.78 is 5.27. The summed E-state index contributed by atoms with van der Waals surface area (Å²) in [6, 6.07) is 15.5. The van der Waals surface area contributed by atoms with E-state index in [2.05, 4.69) is 46.7 Å². The first-order valence-electron chi connectivity index (χ1n) is 9.62. The number of nitrogens with one attached hydrogen (secondary N) is 2. The van der Waals surface area contributed by atoms with Crippen LogP contribution in [0, 0.1) is 5.92 Å². The summed E-state index contributed by atoms with van der Waals surface area (Å²) in [5.41, 5.74) is 2.99. The summed E-state index contributed by atoms with van der Waals surface area (Å²) in [6.45, 7) is 6.54. The van der Waals surface area contributed by atoms with Crippen LogP contribution in [0.2, 0.25) is 0 Å². The highest BCUT2D eigenvalue weighted by atomic mass is 16.5. The van der Waals surface area contributed by atoms with Gasteiger partial charge in [-0.05, 0) is 55.5 Å². The van der Waals surface area contributed by atoms with Crippen molar-refractivity contribution in [2.45, 2.75) is 32.7 Å². The Hall–Kier alpha value is -2.69. The van der Waals surface area contributed by atoms with Crippen LogP contribution in [-0.4, -0.2) is 26.2 Å². The molecule has 5 heteroatoms. The van der Waals surface area contributed by atoms with Gasteiger partial charge in [0.05, 0.1) is 18.8 Å². The standard InChI is InChI=1S/C22H29N3O2/c1-16-7-6-14-25(15-16)19-12-10-18(11-13-19)17(2)23-22(26)24-20-8-4-5-9-21(20)27-3/h4-5,8-13,16-17H,6-7,14-15H2,1-3H3,(H2,23,24,26)/t16-,17+/m1/s1. The number of para-hydroxylation sites is 2. The Morgan fingerprint density at radius 1 is 1.19 bits per heavy atom. The largest absolute Gasteiger partial charge is 0.495 e. The summed E-state index contributed by atoms with van der Waals surface area (Å²) in [4.78, 5) is 14.8. The summed E-state index contributed by atoms with van der Waals surface area (Å²) in [7, 11) is 1.59. The molecule has 2 N–H and O–H groups in total. The van der Waals surface area contributed by atoms with Gasteiger partial charge in [-0.3, -0.25) is 0 Å². The lowest BCUT2D eigenvalue weighted by molar-refractivity contribution is 0.249. The number of amides is 2. The average Bonchev–Trinajstić information content (AvgIpc) is 2.68. The van der Waals surface area contributed by atoms with Crippen molar-refractivity contribution in [3.05, 3.63) is 54.1 Å². The van der Waals surface area contributed by atoms with Crippen LogP contribution in [0.1, 0.15) is 38.3 Å². The maximum absolute atomic E-state index is 12.3. The third-order valence-electron chi connectivity index (χ3n) is 5.12.